The highest BCUT2D eigenvalue weighted by Gasteiger charge is 2.13. The molecule has 0 saturated heterocycles. The molecule has 1 aromatic carbocycles. The van der Waals surface area contributed by atoms with E-state index < -0.39 is 5.97 Å². The highest BCUT2D eigenvalue weighted by molar-refractivity contribution is 6.09. The van der Waals surface area contributed by atoms with Crippen LogP contribution in [0, 0.1) is 0 Å². The minimum Gasteiger partial charge on any atom is -0.426 e. The van der Waals surface area contributed by atoms with Crippen LogP contribution in [0.15, 0.2) is 36.4 Å². The van der Waals surface area contributed by atoms with Crippen molar-refractivity contribution in [2.75, 3.05) is 0 Å². The van der Waals surface area contributed by atoms with Crippen molar-refractivity contribution in [1.29, 1.82) is 0 Å². The largest absolute Gasteiger partial charge is 0.426 e. The lowest BCUT2D eigenvalue weighted by Crippen LogP contribution is -2.07. The third-order valence-corrected chi connectivity index (χ3v) is 1.77. The van der Waals surface area contributed by atoms with E-state index in [9.17, 15) is 9.59 Å². The van der Waals surface area contributed by atoms with Gasteiger partial charge in [-0.3, -0.25) is 9.59 Å². The number of hydrogen-bond acceptors (Lipinski definition) is 3. The molecule has 0 aliphatic rings. The van der Waals surface area contributed by atoms with Crippen molar-refractivity contribution >= 4 is 11.8 Å². The molecule has 3 heteroatoms. The van der Waals surface area contributed by atoms with E-state index in [0.29, 0.717) is 11.1 Å². The topological polar surface area (TPSA) is 43.4 Å². The first-order valence-electron chi connectivity index (χ1n) is 4.50. The van der Waals surface area contributed by atoms with E-state index in [1.165, 1.54) is 6.92 Å². The molecule has 0 aromatic heterocycles. The minimum atomic E-state index is -0.447. The van der Waals surface area contributed by atoms with Gasteiger partial charge in [0.2, 0.25) is 0 Å². The van der Waals surface area contributed by atoms with Gasteiger partial charge in [0.1, 0.15) is 5.75 Å². The van der Waals surface area contributed by atoms with Crippen LogP contribution < -0.4 is 4.74 Å². The summed E-state index contributed by atoms with van der Waals surface area (Å²) in [6.07, 6.45) is 0. The van der Waals surface area contributed by atoms with Crippen molar-refractivity contribution in [3.05, 3.63) is 42.0 Å². The molecule has 0 bridgehead atoms. The average Bonchev–Trinajstić information content (AvgIpc) is 2.16. The second-order valence-corrected chi connectivity index (χ2v) is 3.20. The van der Waals surface area contributed by atoms with Crippen molar-refractivity contribution < 1.29 is 14.3 Å². The van der Waals surface area contributed by atoms with Crippen molar-refractivity contribution in [1.82, 2.24) is 0 Å². The van der Waals surface area contributed by atoms with Gasteiger partial charge < -0.3 is 4.74 Å². The highest BCUT2D eigenvalue weighted by Crippen LogP contribution is 2.20. The first-order valence-corrected chi connectivity index (χ1v) is 4.50. The molecule has 0 atom stereocenters. The van der Waals surface area contributed by atoms with Crippen molar-refractivity contribution in [3.8, 4) is 5.75 Å². The Morgan fingerprint density at radius 1 is 1.20 bits per heavy atom. The fourth-order valence-electron chi connectivity index (χ4n) is 1.13. The van der Waals surface area contributed by atoms with E-state index in [-0.39, 0.29) is 11.5 Å². The third kappa shape index (κ3) is 2.77. The second kappa shape index (κ2) is 4.55. The molecule has 15 heavy (non-hydrogen) atoms. The zero-order chi connectivity index (χ0) is 11.4. The summed E-state index contributed by atoms with van der Waals surface area (Å²) in [6.45, 7) is 6.47. The summed E-state index contributed by atoms with van der Waals surface area (Å²) >= 11 is 0. The Labute approximate surface area is 88.4 Å². The van der Waals surface area contributed by atoms with Crippen LogP contribution in [0.5, 0.6) is 5.75 Å². The van der Waals surface area contributed by atoms with Crippen LogP contribution >= 0.6 is 0 Å². The summed E-state index contributed by atoms with van der Waals surface area (Å²) in [6, 6.07) is 6.60. The lowest BCUT2D eigenvalue weighted by Gasteiger charge is -2.07. The fraction of sp³-hybridized carbons (Fsp3) is 0.167. The zero-order valence-electron chi connectivity index (χ0n) is 8.74. The van der Waals surface area contributed by atoms with Crippen LogP contribution in [-0.4, -0.2) is 11.8 Å². The van der Waals surface area contributed by atoms with Crippen LogP contribution in [0.3, 0.4) is 0 Å². The van der Waals surface area contributed by atoms with Crippen LogP contribution in [0.4, 0.5) is 0 Å². The maximum absolute atomic E-state index is 11.7. The molecule has 0 saturated carbocycles. The maximum Gasteiger partial charge on any atom is 0.308 e. The van der Waals surface area contributed by atoms with Crippen LogP contribution in [0.2, 0.25) is 0 Å². The number of carbonyl (C=O) groups is 2. The molecule has 0 radical (unpaired) electrons. The predicted octanol–water partition coefficient (Wildman–Crippen LogP) is 2.37. The van der Waals surface area contributed by atoms with Gasteiger partial charge in [-0.1, -0.05) is 18.7 Å². The van der Waals surface area contributed by atoms with E-state index >= 15 is 0 Å². The third-order valence-electron chi connectivity index (χ3n) is 1.77. The summed E-state index contributed by atoms with van der Waals surface area (Å²) < 4.78 is 4.92. The van der Waals surface area contributed by atoms with Gasteiger partial charge in [0.15, 0.2) is 5.78 Å². The van der Waals surface area contributed by atoms with Gasteiger partial charge >= 0.3 is 5.97 Å². The number of rotatable bonds is 3. The molecule has 1 rings (SSSR count). The van der Waals surface area contributed by atoms with Gasteiger partial charge in [-0.25, -0.2) is 0 Å². The molecule has 1 aromatic rings. The first-order chi connectivity index (χ1) is 7.02. The zero-order valence-corrected chi connectivity index (χ0v) is 8.74. The SMILES string of the molecule is C=C(C)C(=O)c1ccccc1OC(C)=O. The highest BCUT2D eigenvalue weighted by atomic mass is 16.5. The molecule has 0 fully saturated rings. The number of para-hydroxylation sites is 1. The number of Topliss-reactive ketones (excluding diaryl/α,β-unsaturated/α-hetero) is 1. The summed E-state index contributed by atoms with van der Waals surface area (Å²) in [7, 11) is 0. The molecule has 0 aliphatic heterocycles. The van der Waals surface area contributed by atoms with Crippen molar-refractivity contribution in [2.45, 2.75) is 13.8 Å². The predicted molar refractivity (Wildman–Crippen MR) is 56.9 cm³/mol. The number of benzene rings is 1. The molecule has 0 heterocycles. The standard InChI is InChI=1S/C12H12O3/c1-8(2)12(14)10-6-4-5-7-11(10)15-9(3)13/h4-7H,1H2,2-3H3. The maximum atomic E-state index is 11.7. The van der Waals surface area contributed by atoms with Gasteiger partial charge in [-0.15, -0.1) is 0 Å². The molecule has 0 amide bonds. The molecule has 0 unspecified atom stereocenters. The van der Waals surface area contributed by atoms with Crippen LogP contribution in [-0.2, 0) is 4.79 Å². The summed E-state index contributed by atoms with van der Waals surface area (Å²) in [5.74, 6) is -0.387. The number of allylic oxidation sites excluding steroid dienone is 1. The smallest absolute Gasteiger partial charge is 0.308 e. The Balaban J connectivity index is 3.11. The van der Waals surface area contributed by atoms with E-state index in [1.807, 2.05) is 0 Å². The summed E-state index contributed by atoms with van der Waals surface area (Å²) in [4.78, 5) is 22.5. The molecule has 0 spiro atoms. The summed E-state index contributed by atoms with van der Waals surface area (Å²) in [5, 5.41) is 0. The Morgan fingerprint density at radius 3 is 2.33 bits per heavy atom. The van der Waals surface area contributed by atoms with Crippen molar-refractivity contribution in [3.63, 3.8) is 0 Å². The monoisotopic (exact) mass is 204 g/mol. The van der Waals surface area contributed by atoms with Gasteiger partial charge in [-0.05, 0) is 24.6 Å². The quantitative estimate of drug-likeness (QED) is 0.328. The number of ketones is 1. The molecule has 0 aliphatic carbocycles. The van der Waals surface area contributed by atoms with Gasteiger partial charge in [0.25, 0.3) is 0 Å². The first kappa shape index (κ1) is 11.2. The summed E-state index contributed by atoms with van der Waals surface area (Å²) in [5.41, 5.74) is 0.773. The normalized spacial score (nSPS) is 9.47. The van der Waals surface area contributed by atoms with Gasteiger partial charge in [0, 0.05) is 6.92 Å². The lowest BCUT2D eigenvalue weighted by atomic mass is 10.1. The second-order valence-electron chi connectivity index (χ2n) is 3.20. The number of hydrogen-bond donors (Lipinski definition) is 0. The number of esters is 1. The average molecular weight is 204 g/mol. The lowest BCUT2D eigenvalue weighted by molar-refractivity contribution is -0.131. The van der Waals surface area contributed by atoms with Crippen LogP contribution in [0.25, 0.3) is 0 Å². The van der Waals surface area contributed by atoms with E-state index in [0.717, 1.165) is 0 Å². The fourth-order valence-corrected chi connectivity index (χ4v) is 1.13. The molecule has 0 N–H and O–H groups in total. The Morgan fingerprint density at radius 2 is 1.80 bits per heavy atom. The van der Waals surface area contributed by atoms with E-state index in [4.69, 9.17) is 4.74 Å². The van der Waals surface area contributed by atoms with E-state index in [1.54, 1.807) is 31.2 Å². The van der Waals surface area contributed by atoms with Crippen LogP contribution in [0.1, 0.15) is 24.2 Å². The Hall–Kier alpha value is -1.90. The minimum absolute atomic E-state index is 0.216. The Kier molecular flexibility index (Phi) is 3.39. The Bertz CT molecular complexity index is 419. The molecular weight excluding hydrogens is 192 g/mol. The molecule has 78 valence electrons. The number of ether oxygens (including phenoxy) is 1. The van der Waals surface area contributed by atoms with Gasteiger partial charge in [-0.2, -0.15) is 0 Å². The van der Waals surface area contributed by atoms with Gasteiger partial charge in [0.05, 0.1) is 5.56 Å². The molecular formula is C12H12O3. The number of carbonyl (C=O) groups excluding carboxylic acids is 2. The van der Waals surface area contributed by atoms with Crippen molar-refractivity contribution in [2.24, 2.45) is 0 Å². The molecule has 3 nitrogen and oxygen atoms in total. The van der Waals surface area contributed by atoms with E-state index in [2.05, 4.69) is 6.58 Å².